The minimum atomic E-state index is -0.513. The summed E-state index contributed by atoms with van der Waals surface area (Å²) in [4.78, 5) is 39.5. The van der Waals surface area contributed by atoms with Crippen LogP contribution in [0.1, 0.15) is 39.1 Å². The molecule has 160 valence electrons. The molecule has 1 aliphatic rings. The van der Waals surface area contributed by atoms with Crippen molar-refractivity contribution in [2.24, 2.45) is 0 Å². The van der Waals surface area contributed by atoms with Crippen molar-refractivity contribution >= 4 is 23.4 Å². The Morgan fingerprint density at radius 1 is 1.16 bits per heavy atom. The van der Waals surface area contributed by atoms with Crippen molar-refractivity contribution in [3.8, 4) is 6.07 Å². The minimum Gasteiger partial charge on any atom is -0.383 e. The van der Waals surface area contributed by atoms with Crippen LogP contribution >= 0.6 is 0 Å². The summed E-state index contributed by atoms with van der Waals surface area (Å²) in [6.07, 6.45) is 1.36. The third-order valence-corrected chi connectivity index (χ3v) is 5.07. The number of likely N-dealkylation sites (tertiary alicyclic amines) is 1. The molecule has 0 saturated carbocycles. The monoisotopic (exact) mass is 420 g/mol. The Morgan fingerprint density at radius 3 is 2.65 bits per heavy atom. The SMILES string of the molecule is COCCNC(=O)[C@@H]1CCCN1C(=O)c1cccc(NC(=O)c2ccc(C#N)cc2)c1. The molecule has 2 aromatic rings. The number of hydrogen-bond donors (Lipinski definition) is 2. The zero-order chi connectivity index (χ0) is 22.2. The molecule has 1 aliphatic heterocycles. The fourth-order valence-electron chi connectivity index (χ4n) is 3.47. The highest BCUT2D eigenvalue weighted by Crippen LogP contribution is 2.22. The molecule has 0 aromatic heterocycles. The molecule has 1 heterocycles. The van der Waals surface area contributed by atoms with Crippen LogP contribution in [0.2, 0.25) is 0 Å². The van der Waals surface area contributed by atoms with Gasteiger partial charge in [0.2, 0.25) is 5.91 Å². The second-order valence-electron chi connectivity index (χ2n) is 7.16. The molecule has 2 N–H and O–H groups in total. The van der Waals surface area contributed by atoms with Crippen molar-refractivity contribution in [1.29, 1.82) is 5.26 Å². The van der Waals surface area contributed by atoms with Crippen molar-refractivity contribution in [1.82, 2.24) is 10.2 Å². The first kappa shape index (κ1) is 22.0. The number of benzene rings is 2. The Kier molecular flexibility index (Phi) is 7.35. The normalized spacial score (nSPS) is 15.2. The summed E-state index contributed by atoms with van der Waals surface area (Å²) in [5.41, 5.74) is 1.74. The number of carbonyl (C=O) groups excluding carboxylic acids is 3. The van der Waals surface area contributed by atoms with Crippen LogP contribution in [0.3, 0.4) is 0 Å². The highest BCUT2D eigenvalue weighted by Gasteiger charge is 2.34. The lowest BCUT2D eigenvalue weighted by Gasteiger charge is -2.24. The van der Waals surface area contributed by atoms with E-state index in [0.717, 1.165) is 6.42 Å². The number of rotatable bonds is 7. The van der Waals surface area contributed by atoms with E-state index in [2.05, 4.69) is 10.6 Å². The van der Waals surface area contributed by atoms with Gasteiger partial charge in [0.15, 0.2) is 0 Å². The summed E-state index contributed by atoms with van der Waals surface area (Å²) in [7, 11) is 1.56. The summed E-state index contributed by atoms with van der Waals surface area (Å²) in [6, 6.07) is 14.4. The summed E-state index contributed by atoms with van der Waals surface area (Å²) in [5.74, 6) is -0.780. The Bertz CT molecular complexity index is 997. The highest BCUT2D eigenvalue weighted by molar-refractivity contribution is 6.05. The van der Waals surface area contributed by atoms with Gasteiger partial charge in [-0.15, -0.1) is 0 Å². The largest absolute Gasteiger partial charge is 0.383 e. The van der Waals surface area contributed by atoms with Crippen molar-refractivity contribution in [2.75, 3.05) is 32.1 Å². The van der Waals surface area contributed by atoms with E-state index in [1.165, 1.54) is 0 Å². The number of methoxy groups -OCH3 is 1. The average Bonchev–Trinajstić information content (AvgIpc) is 3.29. The third kappa shape index (κ3) is 5.47. The molecule has 1 saturated heterocycles. The van der Waals surface area contributed by atoms with Crippen LogP contribution in [0.15, 0.2) is 48.5 Å². The van der Waals surface area contributed by atoms with E-state index in [-0.39, 0.29) is 17.7 Å². The second kappa shape index (κ2) is 10.4. The zero-order valence-corrected chi connectivity index (χ0v) is 17.3. The number of nitrogens with one attached hydrogen (secondary N) is 2. The standard InChI is InChI=1S/C23H24N4O4/c1-31-13-11-25-22(29)20-6-3-12-27(20)23(30)18-4-2-5-19(14-18)26-21(28)17-9-7-16(15-24)8-10-17/h2,4-5,7-10,14,20H,3,6,11-13H2,1H3,(H,25,29)(H,26,28)/t20-/m0/s1. The van der Waals surface area contributed by atoms with Crippen LogP contribution in [0.4, 0.5) is 5.69 Å². The van der Waals surface area contributed by atoms with Crippen molar-refractivity contribution < 1.29 is 19.1 Å². The Balaban J connectivity index is 1.68. The van der Waals surface area contributed by atoms with Gasteiger partial charge in [0, 0.05) is 37.0 Å². The Labute approximate surface area is 180 Å². The molecule has 0 bridgehead atoms. The van der Waals surface area contributed by atoms with Gasteiger partial charge in [-0.2, -0.15) is 5.26 Å². The predicted molar refractivity (Wildman–Crippen MR) is 114 cm³/mol. The molecule has 0 radical (unpaired) electrons. The zero-order valence-electron chi connectivity index (χ0n) is 17.3. The van der Waals surface area contributed by atoms with E-state index < -0.39 is 6.04 Å². The highest BCUT2D eigenvalue weighted by atomic mass is 16.5. The summed E-state index contributed by atoms with van der Waals surface area (Å²) in [5, 5.41) is 14.4. The van der Waals surface area contributed by atoms with E-state index in [9.17, 15) is 14.4 Å². The van der Waals surface area contributed by atoms with Crippen LogP contribution in [-0.4, -0.2) is 55.5 Å². The van der Waals surface area contributed by atoms with Gasteiger partial charge in [0.25, 0.3) is 11.8 Å². The smallest absolute Gasteiger partial charge is 0.255 e. The van der Waals surface area contributed by atoms with E-state index >= 15 is 0 Å². The third-order valence-electron chi connectivity index (χ3n) is 5.07. The van der Waals surface area contributed by atoms with Crippen molar-refractivity contribution in [3.05, 3.63) is 65.2 Å². The first-order chi connectivity index (χ1) is 15.0. The van der Waals surface area contributed by atoms with E-state index in [1.807, 2.05) is 6.07 Å². The topological polar surface area (TPSA) is 112 Å². The molecule has 3 rings (SSSR count). The molecule has 0 spiro atoms. The minimum absolute atomic E-state index is 0.187. The number of ether oxygens (including phenoxy) is 1. The quantitative estimate of drug-likeness (QED) is 0.667. The fourth-order valence-corrected chi connectivity index (χ4v) is 3.47. The van der Waals surface area contributed by atoms with Crippen LogP contribution in [0, 0.1) is 11.3 Å². The van der Waals surface area contributed by atoms with E-state index in [0.29, 0.717) is 48.5 Å². The first-order valence-electron chi connectivity index (χ1n) is 10.0. The van der Waals surface area contributed by atoms with Crippen molar-refractivity contribution in [3.63, 3.8) is 0 Å². The van der Waals surface area contributed by atoms with E-state index in [1.54, 1.807) is 60.5 Å². The number of hydrogen-bond acceptors (Lipinski definition) is 5. The molecule has 1 fully saturated rings. The molecular formula is C23H24N4O4. The van der Waals surface area contributed by atoms with Crippen LogP contribution in [-0.2, 0) is 9.53 Å². The molecule has 8 heteroatoms. The lowest BCUT2D eigenvalue weighted by atomic mass is 10.1. The van der Waals surface area contributed by atoms with Gasteiger partial charge in [-0.3, -0.25) is 14.4 Å². The number of carbonyl (C=O) groups is 3. The maximum absolute atomic E-state index is 13.0. The van der Waals surface area contributed by atoms with Gasteiger partial charge < -0.3 is 20.3 Å². The van der Waals surface area contributed by atoms with Gasteiger partial charge in [-0.1, -0.05) is 6.07 Å². The molecule has 8 nitrogen and oxygen atoms in total. The maximum atomic E-state index is 13.0. The van der Waals surface area contributed by atoms with Crippen LogP contribution < -0.4 is 10.6 Å². The lowest BCUT2D eigenvalue weighted by molar-refractivity contribution is -0.125. The first-order valence-corrected chi connectivity index (χ1v) is 10.0. The molecular weight excluding hydrogens is 396 g/mol. The molecule has 31 heavy (non-hydrogen) atoms. The molecule has 0 aliphatic carbocycles. The van der Waals surface area contributed by atoms with Gasteiger partial charge in [-0.05, 0) is 55.3 Å². The van der Waals surface area contributed by atoms with Gasteiger partial charge >= 0.3 is 0 Å². The Morgan fingerprint density at radius 2 is 1.94 bits per heavy atom. The fraction of sp³-hybridized carbons (Fsp3) is 0.304. The van der Waals surface area contributed by atoms with Crippen molar-refractivity contribution in [2.45, 2.75) is 18.9 Å². The lowest BCUT2D eigenvalue weighted by Crippen LogP contribution is -2.46. The summed E-state index contributed by atoms with van der Waals surface area (Å²) < 4.78 is 4.94. The number of nitriles is 1. The number of nitrogens with zero attached hydrogens (tertiary/aromatic N) is 2. The van der Waals surface area contributed by atoms with E-state index in [4.69, 9.17) is 10.00 Å². The predicted octanol–water partition coefficient (Wildman–Crippen LogP) is 2.18. The van der Waals surface area contributed by atoms with Gasteiger partial charge in [0.1, 0.15) is 6.04 Å². The number of amides is 3. The average molecular weight is 420 g/mol. The molecule has 1 atom stereocenters. The summed E-state index contributed by atoms with van der Waals surface area (Å²) >= 11 is 0. The molecule has 2 aromatic carbocycles. The summed E-state index contributed by atoms with van der Waals surface area (Å²) in [6.45, 7) is 1.31. The van der Waals surface area contributed by atoms with Gasteiger partial charge in [0.05, 0.1) is 18.2 Å². The Hall–Kier alpha value is -3.70. The molecule has 0 unspecified atom stereocenters. The molecule has 3 amide bonds. The maximum Gasteiger partial charge on any atom is 0.255 e. The van der Waals surface area contributed by atoms with Gasteiger partial charge in [-0.25, -0.2) is 0 Å². The second-order valence-corrected chi connectivity index (χ2v) is 7.16. The van der Waals surface area contributed by atoms with Crippen LogP contribution in [0.5, 0.6) is 0 Å². The number of anilines is 1. The van der Waals surface area contributed by atoms with Crippen LogP contribution in [0.25, 0.3) is 0 Å².